The van der Waals surface area contributed by atoms with Crippen LogP contribution in [0, 0.1) is 6.92 Å². The molecule has 1 aromatic carbocycles. The number of amides is 1. The Morgan fingerprint density at radius 3 is 2.52 bits per heavy atom. The molecular formula is C18H26N2O4S. The highest BCUT2D eigenvalue weighted by atomic mass is 32.2. The number of sulfonamides is 1. The van der Waals surface area contributed by atoms with E-state index in [9.17, 15) is 13.2 Å². The molecule has 6 nitrogen and oxygen atoms in total. The molecular weight excluding hydrogens is 340 g/mol. The topological polar surface area (TPSA) is 75.7 Å². The van der Waals surface area contributed by atoms with Gasteiger partial charge in [0, 0.05) is 24.7 Å². The van der Waals surface area contributed by atoms with E-state index in [1.807, 2.05) is 6.92 Å². The van der Waals surface area contributed by atoms with E-state index in [2.05, 4.69) is 4.72 Å². The first-order valence-electron chi connectivity index (χ1n) is 8.97. The number of nitrogens with one attached hydrogen (secondary N) is 1. The Kier molecular flexibility index (Phi) is 5.76. The molecule has 1 amide bonds. The summed E-state index contributed by atoms with van der Waals surface area (Å²) in [5.41, 5.74) is 1.24. The van der Waals surface area contributed by atoms with Crippen molar-refractivity contribution in [2.45, 2.75) is 50.0 Å². The van der Waals surface area contributed by atoms with Crippen molar-refractivity contribution in [3.05, 3.63) is 29.3 Å². The Morgan fingerprint density at radius 2 is 1.84 bits per heavy atom. The first-order chi connectivity index (χ1) is 12.0. The molecule has 0 spiro atoms. The van der Waals surface area contributed by atoms with E-state index in [-0.39, 0.29) is 16.8 Å². The Morgan fingerprint density at radius 1 is 1.16 bits per heavy atom. The number of morpholine rings is 1. The van der Waals surface area contributed by atoms with E-state index in [4.69, 9.17) is 4.74 Å². The van der Waals surface area contributed by atoms with E-state index in [1.54, 1.807) is 17.0 Å². The molecule has 0 atom stereocenters. The number of ether oxygens (including phenoxy) is 1. The van der Waals surface area contributed by atoms with Gasteiger partial charge in [-0.2, -0.15) is 0 Å². The van der Waals surface area contributed by atoms with Gasteiger partial charge in [-0.25, -0.2) is 13.1 Å². The standard InChI is InChI=1S/C18H26N2O4S/c1-14-7-8-16(25(22,23)19-15-5-3-2-4-6-15)13-17(14)18(21)20-9-11-24-12-10-20/h7-8,13,15,19H,2-6,9-12H2,1H3. The van der Waals surface area contributed by atoms with Gasteiger partial charge in [-0.05, 0) is 37.5 Å². The largest absolute Gasteiger partial charge is 0.378 e. The van der Waals surface area contributed by atoms with E-state index in [1.165, 1.54) is 12.5 Å². The second kappa shape index (κ2) is 7.85. The molecule has 1 saturated heterocycles. The number of benzene rings is 1. The fourth-order valence-corrected chi connectivity index (χ4v) is 4.77. The quantitative estimate of drug-likeness (QED) is 0.885. The molecule has 0 unspecified atom stereocenters. The second-order valence-corrected chi connectivity index (χ2v) is 8.55. The number of rotatable bonds is 4. The molecule has 138 valence electrons. The molecule has 1 N–H and O–H groups in total. The van der Waals surface area contributed by atoms with Gasteiger partial charge in [0.1, 0.15) is 0 Å². The molecule has 0 aromatic heterocycles. The summed E-state index contributed by atoms with van der Waals surface area (Å²) in [4.78, 5) is 14.6. The number of carbonyl (C=O) groups excluding carboxylic acids is 1. The number of hydrogen-bond donors (Lipinski definition) is 1. The molecule has 1 heterocycles. The zero-order valence-electron chi connectivity index (χ0n) is 14.7. The van der Waals surface area contributed by atoms with Crippen LogP contribution in [0.1, 0.15) is 48.0 Å². The predicted molar refractivity (Wildman–Crippen MR) is 95.1 cm³/mol. The lowest BCUT2D eigenvalue weighted by atomic mass is 9.96. The first-order valence-corrected chi connectivity index (χ1v) is 10.5. The maximum Gasteiger partial charge on any atom is 0.254 e. The van der Waals surface area contributed by atoms with Crippen LogP contribution in [-0.2, 0) is 14.8 Å². The lowest BCUT2D eigenvalue weighted by molar-refractivity contribution is 0.0302. The van der Waals surface area contributed by atoms with Gasteiger partial charge in [-0.15, -0.1) is 0 Å². The summed E-state index contributed by atoms with van der Waals surface area (Å²) in [5, 5.41) is 0. The van der Waals surface area contributed by atoms with Crippen molar-refractivity contribution in [3.63, 3.8) is 0 Å². The Labute approximate surface area is 149 Å². The molecule has 1 aliphatic heterocycles. The van der Waals surface area contributed by atoms with Crippen LogP contribution in [0.5, 0.6) is 0 Å². The van der Waals surface area contributed by atoms with Crippen molar-refractivity contribution < 1.29 is 17.9 Å². The van der Waals surface area contributed by atoms with Gasteiger partial charge in [0.15, 0.2) is 0 Å². The van der Waals surface area contributed by atoms with Crippen molar-refractivity contribution >= 4 is 15.9 Å². The highest BCUT2D eigenvalue weighted by molar-refractivity contribution is 7.89. The van der Waals surface area contributed by atoms with Gasteiger partial charge >= 0.3 is 0 Å². The minimum Gasteiger partial charge on any atom is -0.378 e. The first kappa shape index (κ1) is 18.4. The predicted octanol–water partition coefficient (Wildman–Crippen LogP) is 2.08. The van der Waals surface area contributed by atoms with Gasteiger partial charge in [0.05, 0.1) is 18.1 Å². The van der Waals surface area contributed by atoms with Crippen LogP contribution in [0.2, 0.25) is 0 Å². The van der Waals surface area contributed by atoms with E-state index in [0.29, 0.717) is 31.9 Å². The summed E-state index contributed by atoms with van der Waals surface area (Å²) in [5.74, 6) is -0.129. The van der Waals surface area contributed by atoms with E-state index < -0.39 is 10.0 Å². The van der Waals surface area contributed by atoms with Gasteiger partial charge in [0.25, 0.3) is 5.91 Å². The van der Waals surface area contributed by atoms with Gasteiger partial charge in [-0.1, -0.05) is 25.3 Å². The normalized spacial score (nSPS) is 19.8. The maximum absolute atomic E-state index is 12.7. The van der Waals surface area contributed by atoms with Crippen molar-refractivity contribution in [2.24, 2.45) is 0 Å². The SMILES string of the molecule is Cc1ccc(S(=O)(=O)NC2CCCCC2)cc1C(=O)N1CCOCC1. The molecule has 0 radical (unpaired) electrons. The second-order valence-electron chi connectivity index (χ2n) is 6.84. The Bertz CT molecular complexity index is 721. The summed E-state index contributed by atoms with van der Waals surface area (Å²) in [6.07, 6.45) is 5.04. The third-order valence-electron chi connectivity index (χ3n) is 4.98. The average Bonchev–Trinajstić information content (AvgIpc) is 2.62. The van der Waals surface area contributed by atoms with E-state index >= 15 is 0 Å². The summed E-state index contributed by atoms with van der Waals surface area (Å²) >= 11 is 0. The lowest BCUT2D eigenvalue weighted by Crippen LogP contribution is -2.41. The monoisotopic (exact) mass is 366 g/mol. The fraction of sp³-hybridized carbons (Fsp3) is 0.611. The van der Waals surface area contributed by atoms with Crippen molar-refractivity contribution in [1.82, 2.24) is 9.62 Å². The number of nitrogens with zero attached hydrogens (tertiary/aromatic N) is 1. The summed E-state index contributed by atoms with van der Waals surface area (Å²) in [7, 11) is -3.61. The fourth-order valence-electron chi connectivity index (χ4n) is 3.44. The number of carbonyl (C=O) groups is 1. The van der Waals surface area contributed by atoms with Crippen LogP contribution < -0.4 is 4.72 Å². The minimum absolute atomic E-state index is 0.00144. The number of hydrogen-bond acceptors (Lipinski definition) is 4. The van der Waals surface area contributed by atoms with Gasteiger partial charge < -0.3 is 9.64 Å². The molecule has 1 saturated carbocycles. The minimum atomic E-state index is -3.61. The zero-order chi connectivity index (χ0) is 17.9. The Hall–Kier alpha value is -1.44. The Balaban J connectivity index is 1.81. The maximum atomic E-state index is 12.7. The average molecular weight is 366 g/mol. The summed E-state index contributed by atoms with van der Waals surface area (Å²) in [6, 6.07) is 4.80. The molecule has 25 heavy (non-hydrogen) atoms. The molecule has 2 aliphatic rings. The smallest absolute Gasteiger partial charge is 0.254 e. The highest BCUT2D eigenvalue weighted by Gasteiger charge is 2.25. The third kappa shape index (κ3) is 4.40. The van der Waals surface area contributed by atoms with Crippen LogP contribution in [0.3, 0.4) is 0 Å². The highest BCUT2D eigenvalue weighted by Crippen LogP contribution is 2.22. The van der Waals surface area contributed by atoms with Crippen LogP contribution in [0.25, 0.3) is 0 Å². The van der Waals surface area contributed by atoms with Crippen LogP contribution in [0.15, 0.2) is 23.1 Å². The molecule has 0 bridgehead atoms. The summed E-state index contributed by atoms with van der Waals surface area (Å²) in [6.45, 7) is 3.95. The summed E-state index contributed by atoms with van der Waals surface area (Å²) < 4.78 is 33.5. The van der Waals surface area contributed by atoms with Gasteiger partial charge in [0.2, 0.25) is 10.0 Å². The lowest BCUT2D eigenvalue weighted by Gasteiger charge is -2.27. The van der Waals surface area contributed by atoms with Crippen LogP contribution >= 0.6 is 0 Å². The molecule has 1 aliphatic carbocycles. The van der Waals surface area contributed by atoms with Crippen molar-refractivity contribution in [2.75, 3.05) is 26.3 Å². The van der Waals surface area contributed by atoms with Crippen LogP contribution in [-0.4, -0.2) is 51.6 Å². The molecule has 7 heteroatoms. The van der Waals surface area contributed by atoms with Gasteiger partial charge in [-0.3, -0.25) is 4.79 Å². The molecule has 1 aromatic rings. The van der Waals surface area contributed by atoms with E-state index in [0.717, 1.165) is 31.2 Å². The number of aryl methyl sites for hydroxylation is 1. The van der Waals surface area contributed by atoms with Crippen molar-refractivity contribution in [3.8, 4) is 0 Å². The molecule has 2 fully saturated rings. The third-order valence-corrected chi connectivity index (χ3v) is 6.49. The zero-order valence-corrected chi connectivity index (χ0v) is 15.5. The van der Waals surface area contributed by atoms with Crippen molar-refractivity contribution in [1.29, 1.82) is 0 Å². The molecule has 3 rings (SSSR count). The van der Waals surface area contributed by atoms with Crippen LogP contribution in [0.4, 0.5) is 0 Å².